The lowest BCUT2D eigenvalue weighted by atomic mass is 9.98. The molecule has 0 aliphatic rings. The molecule has 1 aromatic carbocycles. The maximum Gasteiger partial charge on any atom is 0.228 e. The van der Waals surface area contributed by atoms with E-state index in [4.69, 9.17) is 0 Å². The summed E-state index contributed by atoms with van der Waals surface area (Å²) in [4.78, 5) is 16.3. The second-order valence-electron chi connectivity index (χ2n) is 5.49. The number of nitrogens with zero attached hydrogens (tertiary/aromatic N) is 3. The minimum Gasteiger partial charge on any atom is -0.295 e. The number of aryl methyl sites for hydroxylation is 2. The van der Waals surface area contributed by atoms with Crippen LogP contribution >= 0.6 is 0 Å². The third-order valence-corrected chi connectivity index (χ3v) is 3.34. The molecule has 1 unspecified atom stereocenters. The second kappa shape index (κ2) is 7.15. The normalized spacial score (nSPS) is 12.2. The van der Waals surface area contributed by atoms with Gasteiger partial charge < -0.3 is 0 Å². The molecule has 0 bridgehead atoms. The van der Waals surface area contributed by atoms with Gasteiger partial charge in [-0.25, -0.2) is 9.07 Å². The maximum absolute atomic E-state index is 13.2. The van der Waals surface area contributed by atoms with Crippen LogP contribution in [0.15, 0.2) is 24.3 Å². The predicted molar refractivity (Wildman–Crippen MR) is 82.9 cm³/mol. The number of nitrogens with one attached hydrogen (secondary N) is 1. The molecule has 1 N–H and O–H groups in total. The molecule has 0 spiro atoms. The average Bonchev–Trinajstić information content (AvgIpc) is 2.78. The van der Waals surface area contributed by atoms with Crippen molar-refractivity contribution in [1.82, 2.24) is 14.8 Å². The van der Waals surface area contributed by atoms with E-state index in [1.54, 1.807) is 17.7 Å². The predicted octanol–water partition coefficient (Wildman–Crippen LogP) is 2.95. The smallest absolute Gasteiger partial charge is 0.228 e. The highest BCUT2D eigenvalue weighted by Crippen LogP contribution is 2.14. The van der Waals surface area contributed by atoms with Gasteiger partial charge in [0, 0.05) is 13.0 Å². The lowest BCUT2D eigenvalue weighted by Crippen LogP contribution is -2.19. The third-order valence-electron chi connectivity index (χ3n) is 3.34. The van der Waals surface area contributed by atoms with Gasteiger partial charge in [0.2, 0.25) is 11.9 Å². The zero-order valence-electron chi connectivity index (χ0n) is 13.1. The molecule has 0 aliphatic heterocycles. The van der Waals surface area contributed by atoms with Crippen molar-refractivity contribution < 1.29 is 9.18 Å². The van der Waals surface area contributed by atoms with Crippen LogP contribution in [0.3, 0.4) is 0 Å². The van der Waals surface area contributed by atoms with Crippen molar-refractivity contribution in [3.63, 3.8) is 0 Å². The first-order valence-electron chi connectivity index (χ1n) is 7.43. The highest BCUT2D eigenvalue weighted by molar-refractivity contribution is 5.89. The number of benzene rings is 1. The molecule has 2 rings (SSSR count). The van der Waals surface area contributed by atoms with Gasteiger partial charge in [-0.05, 0) is 43.9 Å². The fourth-order valence-electron chi connectivity index (χ4n) is 2.40. The van der Waals surface area contributed by atoms with Crippen LogP contribution in [0.25, 0.3) is 0 Å². The van der Waals surface area contributed by atoms with Crippen LogP contribution in [-0.4, -0.2) is 20.7 Å². The van der Waals surface area contributed by atoms with Gasteiger partial charge in [0.15, 0.2) is 0 Å². The van der Waals surface area contributed by atoms with Crippen LogP contribution in [0, 0.1) is 18.7 Å². The summed E-state index contributed by atoms with van der Waals surface area (Å²) in [7, 11) is 0. The van der Waals surface area contributed by atoms with E-state index in [9.17, 15) is 9.18 Å². The van der Waals surface area contributed by atoms with Crippen molar-refractivity contribution in [2.24, 2.45) is 5.92 Å². The van der Waals surface area contributed by atoms with Gasteiger partial charge in [-0.15, -0.1) is 0 Å². The topological polar surface area (TPSA) is 59.8 Å². The Morgan fingerprint density at radius 3 is 2.91 bits per heavy atom. The van der Waals surface area contributed by atoms with Crippen LogP contribution in [0.4, 0.5) is 10.3 Å². The average molecular weight is 304 g/mol. The van der Waals surface area contributed by atoms with E-state index in [0.717, 1.165) is 5.56 Å². The fraction of sp³-hybridized carbons (Fsp3) is 0.438. The minimum absolute atomic E-state index is 0.106. The maximum atomic E-state index is 13.2. The molecule has 22 heavy (non-hydrogen) atoms. The Labute approximate surface area is 129 Å². The molecular weight excluding hydrogens is 283 g/mol. The Kier molecular flexibility index (Phi) is 5.25. The molecule has 1 amide bonds. The largest absolute Gasteiger partial charge is 0.295 e. The summed E-state index contributed by atoms with van der Waals surface area (Å²) in [5.41, 5.74) is 0.896. The molecular formula is C16H21FN4O. The van der Waals surface area contributed by atoms with Crippen LogP contribution in [0.5, 0.6) is 0 Å². The van der Waals surface area contributed by atoms with Crippen molar-refractivity contribution in [3.05, 3.63) is 41.5 Å². The van der Waals surface area contributed by atoms with E-state index in [-0.39, 0.29) is 17.6 Å². The monoisotopic (exact) mass is 304 g/mol. The number of anilines is 1. The number of halogens is 1. The zero-order chi connectivity index (χ0) is 16.1. The number of rotatable bonds is 6. The highest BCUT2D eigenvalue weighted by Gasteiger charge is 2.14. The Balaban J connectivity index is 1.91. The van der Waals surface area contributed by atoms with Crippen molar-refractivity contribution in [3.8, 4) is 0 Å². The van der Waals surface area contributed by atoms with Gasteiger partial charge in [-0.3, -0.25) is 10.1 Å². The van der Waals surface area contributed by atoms with E-state index in [1.165, 1.54) is 12.1 Å². The van der Waals surface area contributed by atoms with Gasteiger partial charge >= 0.3 is 0 Å². The molecule has 1 aromatic heterocycles. The summed E-state index contributed by atoms with van der Waals surface area (Å²) < 4.78 is 14.8. The number of hydrogen-bond donors (Lipinski definition) is 1. The summed E-state index contributed by atoms with van der Waals surface area (Å²) in [5, 5.41) is 6.97. The number of aromatic nitrogens is 3. The number of hydrogen-bond acceptors (Lipinski definition) is 3. The molecule has 0 saturated carbocycles. The molecule has 1 heterocycles. The van der Waals surface area contributed by atoms with E-state index in [1.807, 2.05) is 19.9 Å². The van der Waals surface area contributed by atoms with Crippen molar-refractivity contribution in [2.45, 2.75) is 40.2 Å². The first-order valence-corrected chi connectivity index (χ1v) is 7.43. The van der Waals surface area contributed by atoms with Crippen molar-refractivity contribution in [2.75, 3.05) is 5.32 Å². The van der Waals surface area contributed by atoms with Gasteiger partial charge in [0.25, 0.3) is 0 Å². The Morgan fingerprint density at radius 2 is 2.23 bits per heavy atom. The van der Waals surface area contributed by atoms with Crippen LogP contribution < -0.4 is 5.32 Å². The summed E-state index contributed by atoms with van der Waals surface area (Å²) >= 11 is 0. The quantitative estimate of drug-likeness (QED) is 0.892. The standard InChI is InChI=1S/C16H21FN4O/c1-4-21-16(18-12(3)20-21)19-15(22)9-11(2)8-13-6-5-7-14(17)10-13/h5-7,10-11H,4,8-9H2,1-3H3,(H,18,19,20,22). The molecule has 0 aliphatic carbocycles. The van der Waals surface area contributed by atoms with E-state index < -0.39 is 0 Å². The number of carbonyl (C=O) groups excluding carboxylic acids is 1. The lowest BCUT2D eigenvalue weighted by Gasteiger charge is -2.11. The van der Waals surface area contributed by atoms with Crippen molar-refractivity contribution in [1.29, 1.82) is 0 Å². The Bertz CT molecular complexity index is 653. The van der Waals surface area contributed by atoms with E-state index in [0.29, 0.717) is 31.2 Å². The van der Waals surface area contributed by atoms with Crippen LogP contribution in [0.2, 0.25) is 0 Å². The second-order valence-corrected chi connectivity index (χ2v) is 5.49. The van der Waals surface area contributed by atoms with Gasteiger partial charge in [0.1, 0.15) is 11.6 Å². The molecule has 5 nitrogen and oxygen atoms in total. The molecule has 0 radical (unpaired) electrons. The SMILES string of the molecule is CCn1nc(C)nc1NC(=O)CC(C)Cc1cccc(F)c1. The molecule has 6 heteroatoms. The third kappa shape index (κ3) is 4.38. The molecule has 2 aromatic rings. The van der Waals surface area contributed by atoms with E-state index in [2.05, 4.69) is 15.4 Å². The summed E-state index contributed by atoms with van der Waals surface area (Å²) in [6.45, 7) is 6.35. The van der Waals surface area contributed by atoms with Crippen LogP contribution in [-0.2, 0) is 17.8 Å². The summed E-state index contributed by atoms with van der Waals surface area (Å²) in [5.74, 6) is 0.862. The zero-order valence-corrected chi connectivity index (χ0v) is 13.1. The van der Waals surface area contributed by atoms with Crippen molar-refractivity contribution >= 4 is 11.9 Å². The highest BCUT2D eigenvalue weighted by atomic mass is 19.1. The van der Waals surface area contributed by atoms with Gasteiger partial charge in [-0.2, -0.15) is 10.1 Å². The summed E-state index contributed by atoms with van der Waals surface area (Å²) in [6, 6.07) is 6.48. The Hall–Kier alpha value is -2.24. The minimum atomic E-state index is -0.249. The first-order chi connectivity index (χ1) is 10.5. The summed E-state index contributed by atoms with van der Waals surface area (Å²) in [6.07, 6.45) is 1.01. The fourth-order valence-corrected chi connectivity index (χ4v) is 2.40. The molecule has 0 fully saturated rings. The van der Waals surface area contributed by atoms with Gasteiger partial charge in [-0.1, -0.05) is 19.1 Å². The molecule has 118 valence electrons. The molecule has 1 atom stereocenters. The lowest BCUT2D eigenvalue weighted by molar-refractivity contribution is -0.117. The Morgan fingerprint density at radius 1 is 1.45 bits per heavy atom. The number of amides is 1. The molecule has 0 saturated heterocycles. The van der Waals surface area contributed by atoms with Gasteiger partial charge in [0.05, 0.1) is 0 Å². The first kappa shape index (κ1) is 16.1. The van der Waals surface area contributed by atoms with E-state index >= 15 is 0 Å². The van der Waals surface area contributed by atoms with Crippen LogP contribution in [0.1, 0.15) is 31.7 Å². The number of carbonyl (C=O) groups is 1.